The zero-order valence-electron chi connectivity index (χ0n) is 14.3. The lowest BCUT2D eigenvalue weighted by molar-refractivity contribution is -0.142. The van der Waals surface area contributed by atoms with Crippen LogP contribution in [0.3, 0.4) is 0 Å². The van der Waals surface area contributed by atoms with Crippen molar-refractivity contribution in [2.24, 2.45) is 0 Å². The molecule has 1 heterocycles. The molecular formula is C15H23O8P. The lowest BCUT2D eigenvalue weighted by atomic mass is 10.2. The first-order valence-electron chi connectivity index (χ1n) is 7.65. The standard InChI is InChI=1S/C15H23O8P/c1-5-19-15(17)13-8-12(9-20-11(4)16)23-14(13)10-24(18,21-6-2)22-7-3/h8H,5-7,9-10H2,1-4H3. The molecule has 0 saturated carbocycles. The number of rotatable bonds is 10. The minimum Gasteiger partial charge on any atom is -0.462 e. The van der Waals surface area contributed by atoms with E-state index in [4.69, 9.17) is 22.9 Å². The summed E-state index contributed by atoms with van der Waals surface area (Å²) in [6.45, 7) is 6.71. The minimum atomic E-state index is -3.46. The number of carbonyl (C=O) groups is 2. The zero-order valence-corrected chi connectivity index (χ0v) is 15.2. The molecule has 8 nitrogen and oxygen atoms in total. The third-order valence-corrected chi connectivity index (χ3v) is 4.74. The average molecular weight is 362 g/mol. The molecule has 1 rings (SSSR count). The van der Waals surface area contributed by atoms with Gasteiger partial charge in [0.05, 0.1) is 19.8 Å². The van der Waals surface area contributed by atoms with E-state index in [0.717, 1.165) is 0 Å². The van der Waals surface area contributed by atoms with Crippen molar-refractivity contribution in [3.8, 4) is 0 Å². The highest BCUT2D eigenvalue weighted by atomic mass is 31.2. The van der Waals surface area contributed by atoms with Crippen LogP contribution in [0.5, 0.6) is 0 Å². The maximum absolute atomic E-state index is 12.6. The van der Waals surface area contributed by atoms with Crippen molar-refractivity contribution < 1.29 is 37.1 Å². The molecule has 0 fully saturated rings. The molecule has 0 bridgehead atoms. The molecule has 24 heavy (non-hydrogen) atoms. The Morgan fingerprint density at radius 1 is 1.08 bits per heavy atom. The van der Waals surface area contributed by atoms with Gasteiger partial charge in [-0.05, 0) is 26.8 Å². The molecule has 0 unspecified atom stereocenters. The number of hydrogen-bond donors (Lipinski definition) is 0. The van der Waals surface area contributed by atoms with Crippen LogP contribution in [0.1, 0.15) is 49.6 Å². The molecule has 0 amide bonds. The first kappa shape index (κ1) is 20.4. The number of furan rings is 1. The summed E-state index contributed by atoms with van der Waals surface area (Å²) in [6, 6.07) is 1.40. The molecule has 0 N–H and O–H groups in total. The Labute approximate surface area is 140 Å². The number of carbonyl (C=O) groups excluding carboxylic acids is 2. The summed E-state index contributed by atoms with van der Waals surface area (Å²) in [5, 5.41) is 0. The van der Waals surface area contributed by atoms with E-state index in [1.807, 2.05) is 0 Å². The number of ether oxygens (including phenoxy) is 2. The van der Waals surface area contributed by atoms with E-state index >= 15 is 0 Å². The highest BCUT2D eigenvalue weighted by molar-refractivity contribution is 7.53. The van der Waals surface area contributed by atoms with Gasteiger partial charge in [-0.1, -0.05) is 0 Å². The van der Waals surface area contributed by atoms with Crippen molar-refractivity contribution in [1.82, 2.24) is 0 Å². The fraction of sp³-hybridized carbons (Fsp3) is 0.600. The lowest BCUT2D eigenvalue weighted by Crippen LogP contribution is -2.07. The van der Waals surface area contributed by atoms with Crippen molar-refractivity contribution in [3.05, 3.63) is 23.2 Å². The third-order valence-electron chi connectivity index (χ3n) is 2.76. The Morgan fingerprint density at radius 2 is 1.71 bits per heavy atom. The lowest BCUT2D eigenvalue weighted by Gasteiger charge is -2.16. The molecule has 1 aromatic rings. The van der Waals surface area contributed by atoms with Crippen LogP contribution in [0.4, 0.5) is 0 Å². The van der Waals surface area contributed by atoms with E-state index in [0.29, 0.717) is 0 Å². The van der Waals surface area contributed by atoms with E-state index < -0.39 is 19.5 Å². The van der Waals surface area contributed by atoms with Crippen LogP contribution in [0.15, 0.2) is 10.5 Å². The summed E-state index contributed by atoms with van der Waals surface area (Å²) in [7, 11) is -3.46. The van der Waals surface area contributed by atoms with Crippen LogP contribution in [0, 0.1) is 0 Å². The summed E-state index contributed by atoms with van der Waals surface area (Å²) in [5.74, 6) is -0.756. The first-order chi connectivity index (χ1) is 11.3. The maximum atomic E-state index is 12.6. The Morgan fingerprint density at radius 3 is 2.21 bits per heavy atom. The van der Waals surface area contributed by atoms with Crippen LogP contribution >= 0.6 is 7.60 Å². The summed E-state index contributed by atoms with van der Waals surface area (Å²) in [5.41, 5.74) is 0.110. The Balaban J connectivity index is 3.10. The van der Waals surface area contributed by atoms with Crippen molar-refractivity contribution in [2.75, 3.05) is 19.8 Å². The second-order valence-corrected chi connectivity index (χ2v) is 6.71. The molecule has 0 aromatic carbocycles. The second kappa shape index (κ2) is 9.61. The van der Waals surface area contributed by atoms with Crippen LogP contribution in [0.25, 0.3) is 0 Å². The molecule has 0 atom stereocenters. The second-order valence-electron chi connectivity index (χ2n) is 4.65. The molecule has 1 aromatic heterocycles. The quantitative estimate of drug-likeness (QED) is 0.462. The van der Waals surface area contributed by atoms with Gasteiger partial charge in [0, 0.05) is 6.92 Å². The molecule has 0 aliphatic heterocycles. The van der Waals surface area contributed by atoms with Crippen LogP contribution in [0.2, 0.25) is 0 Å². The summed E-state index contributed by atoms with van der Waals surface area (Å²) < 4.78 is 38.4. The predicted molar refractivity (Wildman–Crippen MR) is 84.7 cm³/mol. The van der Waals surface area contributed by atoms with Gasteiger partial charge in [-0.15, -0.1) is 0 Å². The van der Waals surface area contributed by atoms with E-state index in [1.165, 1.54) is 13.0 Å². The predicted octanol–water partition coefficient (Wildman–Crippen LogP) is 3.29. The van der Waals surface area contributed by atoms with E-state index in [2.05, 4.69) is 0 Å². The molecular weight excluding hydrogens is 339 g/mol. The minimum absolute atomic E-state index is 0.110. The van der Waals surface area contributed by atoms with Gasteiger partial charge in [-0.2, -0.15) is 0 Å². The third kappa shape index (κ3) is 6.11. The summed E-state index contributed by atoms with van der Waals surface area (Å²) in [6.07, 6.45) is -0.219. The summed E-state index contributed by atoms with van der Waals surface area (Å²) >= 11 is 0. The van der Waals surface area contributed by atoms with Gasteiger partial charge in [0.15, 0.2) is 0 Å². The first-order valence-corrected chi connectivity index (χ1v) is 9.38. The SMILES string of the molecule is CCOC(=O)c1cc(COC(C)=O)oc1CP(=O)(OCC)OCC. The molecule has 136 valence electrons. The fourth-order valence-corrected chi connectivity index (χ4v) is 3.56. The van der Waals surface area contributed by atoms with Gasteiger partial charge in [-0.25, -0.2) is 4.79 Å². The largest absolute Gasteiger partial charge is 0.462 e. The Hall–Kier alpha value is -1.63. The van der Waals surface area contributed by atoms with E-state index in [1.54, 1.807) is 20.8 Å². The highest BCUT2D eigenvalue weighted by Gasteiger charge is 2.30. The van der Waals surface area contributed by atoms with Gasteiger partial charge in [0.1, 0.15) is 29.9 Å². The van der Waals surface area contributed by atoms with Crippen molar-refractivity contribution >= 4 is 19.5 Å². The average Bonchev–Trinajstić information content (AvgIpc) is 2.88. The molecule has 0 spiro atoms. The number of esters is 2. The van der Waals surface area contributed by atoms with E-state index in [9.17, 15) is 14.2 Å². The smallest absolute Gasteiger partial charge is 0.341 e. The van der Waals surface area contributed by atoms with Gasteiger partial charge in [-0.3, -0.25) is 9.36 Å². The summed E-state index contributed by atoms with van der Waals surface area (Å²) in [4.78, 5) is 23.0. The van der Waals surface area contributed by atoms with Gasteiger partial charge in [0.25, 0.3) is 0 Å². The Kier molecular flexibility index (Phi) is 8.18. The Bertz CT molecular complexity index is 597. The van der Waals surface area contributed by atoms with Gasteiger partial charge >= 0.3 is 19.5 Å². The topological polar surface area (TPSA) is 101 Å². The van der Waals surface area contributed by atoms with Crippen molar-refractivity contribution in [3.63, 3.8) is 0 Å². The molecule has 0 aliphatic carbocycles. The number of hydrogen-bond acceptors (Lipinski definition) is 8. The van der Waals surface area contributed by atoms with Gasteiger partial charge in [0.2, 0.25) is 0 Å². The van der Waals surface area contributed by atoms with Gasteiger partial charge < -0.3 is 22.9 Å². The highest BCUT2D eigenvalue weighted by Crippen LogP contribution is 2.52. The molecule has 0 radical (unpaired) electrons. The van der Waals surface area contributed by atoms with Crippen molar-refractivity contribution in [2.45, 2.75) is 40.5 Å². The van der Waals surface area contributed by atoms with E-state index in [-0.39, 0.29) is 49.7 Å². The maximum Gasteiger partial charge on any atom is 0.341 e. The molecule has 0 saturated heterocycles. The van der Waals surface area contributed by atoms with Crippen LogP contribution in [-0.4, -0.2) is 31.8 Å². The molecule has 0 aliphatic rings. The van der Waals surface area contributed by atoms with Crippen LogP contribution in [-0.2, 0) is 40.6 Å². The normalized spacial score (nSPS) is 11.3. The van der Waals surface area contributed by atoms with Crippen molar-refractivity contribution in [1.29, 1.82) is 0 Å². The van der Waals surface area contributed by atoms with Crippen LogP contribution < -0.4 is 0 Å². The fourth-order valence-electron chi connectivity index (χ4n) is 1.92. The zero-order chi connectivity index (χ0) is 18.2. The molecule has 9 heteroatoms. The monoisotopic (exact) mass is 362 g/mol.